The number of benzene rings is 1. The third kappa shape index (κ3) is 2.62. The van der Waals surface area contributed by atoms with Crippen LogP contribution in [0.3, 0.4) is 0 Å². The van der Waals surface area contributed by atoms with Gasteiger partial charge in [-0.15, -0.1) is 0 Å². The van der Waals surface area contributed by atoms with Crippen LogP contribution in [0.2, 0.25) is 0 Å². The largest absolute Gasteiger partial charge is 0.308 e. The number of rotatable bonds is 5. The summed E-state index contributed by atoms with van der Waals surface area (Å²) in [6.07, 6.45) is 2.96. The molecule has 0 fully saturated rings. The van der Waals surface area contributed by atoms with Crippen LogP contribution in [0.1, 0.15) is 49.0 Å². The third-order valence-electron chi connectivity index (χ3n) is 3.57. The fourth-order valence-electron chi connectivity index (χ4n) is 2.18. The van der Waals surface area contributed by atoms with Crippen molar-refractivity contribution in [2.45, 2.75) is 32.2 Å². The summed E-state index contributed by atoms with van der Waals surface area (Å²) >= 11 is 0. The van der Waals surface area contributed by atoms with E-state index in [1.54, 1.807) is 6.20 Å². The average molecular weight is 243 g/mol. The van der Waals surface area contributed by atoms with Crippen LogP contribution < -0.4 is 5.32 Å². The molecule has 0 spiro atoms. The molecule has 0 aliphatic rings. The van der Waals surface area contributed by atoms with Gasteiger partial charge in [-0.2, -0.15) is 5.10 Å². The van der Waals surface area contributed by atoms with Crippen molar-refractivity contribution in [2.24, 2.45) is 0 Å². The summed E-state index contributed by atoms with van der Waals surface area (Å²) in [5.41, 5.74) is 3.75. The van der Waals surface area contributed by atoms with E-state index in [4.69, 9.17) is 0 Å². The average Bonchev–Trinajstić information content (AvgIpc) is 2.93. The second-order valence-corrected chi connectivity index (χ2v) is 4.71. The fourth-order valence-corrected chi connectivity index (χ4v) is 2.18. The number of nitrogens with one attached hydrogen (secondary N) is 2. The molecule has 2 N–H and O–H groups in total. The summed E-state index contributed by atoms with van der Waals surface area (Å²) < 4.78 is 0. The minimum absolute atomic E-state index is 0.179. The van der Waals surface area contributed by atoms with E-state index in [2.05, 4.69) is 53.6 Å². The predicted octanol–water partition coefficient (Wildman–Crippen LogP) is 3.23. The van der Waals surface area contributed by atoms with Gasteiger partial charge in [-0.05, 0) is 36.6 Å². The summed E-state index contributed by atoms with van der Waals surface area (Å²) in [5, 5.41) is 10.3. The number of aromatic amines is 1. The molecule has 0 saturated carbocycles. The minimum Gasteiger partial charge on any atom is -0.308 e. The number of aromatic nitrogens is 2. The first-order chi connectivity index (χ1) is 8.76. The molecule has 0 aliphatic carbocycles. The van der Waals surface area contributed by atoms with Gasteiger partial charge in [-0.1, -0.05) is 38.1 Å². The van der Waals surface area contributed by atoms with Crippen molar-refractivity contribution >= 4 is 0 Å². The van der Waals surface area contributed by atoms with Crippen LogP contribution >= 0.6 is 0 Å². The smallest absolute Gasteiger partial charge is 0.0743 e. The van der Waals surface area contributed by atoms with Crippen LogP contribution in [0.4, 0.5) is 0 Å². The molecule has 1 aromatic heterocycles. The lowest BCUT2D eigenvalue weighted by Gasteiger charge is -2.16. The Morgan fingerprint density at radius 2 is 1.83 bits per heavy atom. The predicted molar refractivity (Wildman–Crippen MR) is 74.6 cm³/mol. The molecule has 2 rings (SSSR count). The lowest BCUT2D eigenvalue weighted by Crippen LogP contribution is -2.18. The second kappa shape index (κ2) is 5.83. The first-order valence-electron chi connectivity index (χ1n) is 6.52. The SMILES string of the molecule is CCC(C)c1ccc(C(NC)c2ccn[nH]2)cc1. The molecule has 2 aromatic rings. The van der Waals surface area contributed by atoms with Crippen LogP contribution in [-0.4, -0.2) is 17.2 Å². The normalized spacial score (nSPS) is 14.4. The molecule has 2 atom stereocenters. The van der Waals surface area contributed by atoms with E-state index in [-0.39, 0.29) is 6.04 Å². The van der Waals surface area contributed by atoms with E-state index in [9.17, 15) is 0 Å². The molecule has 96 valence electrons. The Labute approximate surface area is 109 Å². The summed E-state index contributed by atoms with van der Waals surface area (Å²) in [6, 6.07) is 11.0. The Balaban J connectivity index is 2.22. The lowest BCUT2D eigenvalue weighted by atomic mass is 9.95. The van der Waals surface area contributed by atoms with Gasteiger partial charge in [0.25, 0.3) is 0 Å². The summed E-state index contributed by atoms with van der Waals surface area (Å²) in [4.78, 5) is 0. The molecule has 0 bridgehead atoms. The molecule has 0 aliphatic heterocycles. The van der Waals surface area contributed by atoms with Gasteiger partial charge in [-0.25, -0.2) is 0 Å². The molecule has 1 heterocycles. The zero-order valence-corrected chi connectivity index (χ0v) is 11.3. The highest BCUT2D eigenvalue weighted by atomic mass is 15.1. The van der Waals surface area contributed by atoms with Gasteiger partial charge in [0.1, 0.15) is 0 Å². The third-order valence-corrected chi connectivity index (χ3v) is 3.57. The van der Waals surface area contributed by atoms with Crippen molar-refractivity contribution in [1.29, 1.82) is 0 Å². The topological polar surface area (TPSA) is 40.7 Å². The van der Waals surface area contributed by atoms with Crippen molar-refractivity contribution in [3.63, 3.8) is 0 Å². The molecular formula is C15H21N3. The maximum atomic E-state index is 4.01. The standard InChI is InChI=1S/C15H21N3/c1-4-11(2)12-5-7-13(8-6-12)15(16-3)14-9-10-17-18-14/h5-11,15-16H,4H2,1-3H3,(H,17,18). The highest BCUT2D eigenvalue weighted by Crippen LogP contribution is 2.23. The van der Waals surface area contributed by atoms with Crippen molar-refractivity contribution in [3.05, 3.63) is 53.3 Å². The summed E-state index contributed by atoms with van der Waals surface area (Å²) in [5.74, 6) is 0.624. The van der Waals surface area contributed by atoms with Gasteiger partial charge in [0.05, 0.1) is 11.7 Å². The molecule has 0 radical (unpaired) electrons. The van der Waals surface area contributed by atoms with Gasteiger partial charge < -0.3 is 5.32 Å². The van der Waals surface area contributed by atoms with E-state index in [0.717, 1.165) is 5.69 Å². The van der Waals surface area contributed by atoms with Crippen molar-refractivity contribution in [3.8, 4) is 0 Å². The van der Waals surface area contributed by atoms with Crippen molar-refractivity contribution in [1.82, 2.24) is 15.5 Å². The van der Waals surface area contributed by atoms with Gasteiger partial charge in [0.15, 0.2) is 0 Å². The Hall–Kier alpha value is -1.61. The monoisotopic (exact) mass is 243 g/mol. The van der Waals surface area contributed by atoms with Gasteiger partial charge in [0.2, 0.25) is 0 Å². The molecule has 18 heavy (non-hydrogen) atoms. The summed E-state index contributed by atoms with van der Waals surface area (Å²) in [7, 11) is 1.97. The Morgan fingerprint density at radius 1 is 1.17 bits per heavy atom. The number of hydrogen-bond acceptors (Lipinski definition) is 2. The van der Waals surface area contributed by atoms with Gasteiger partial charge in [-0.3, -0.25) is 5.10 Å². The minimum atomic E-state index is 0.179. The van der Waals surface area contributed by atoms with Gasteiger partial charge in [0, 0.05) is 6.20 Å². The Morgan fingerprint density at radius 3 is 2.33 bits per heavy atom. The quantitative estimate of drug-likeness (QED) is 0.846. The molecule has 0 saturated heterocycles. The molecule has 3 nitrogen and oxygen atoms in total. The molecular weight excluding hydrogens is 222 g/mol. The highest BCUT2D eigenvalue weighted by molar-refractivity contribution is 5.31. The summed E-state index contributed by atoms with van der Waals surface area (Å²) in [6.45, 7) is 4.49. The number of nitrogens with zero attached hydrogens (tertiary/aromatic N) is 1. The fraction of sp³-hybridized carbons (Fsp3) is 0.400. The number of H-pyrrole nitrogens is 1. The maximum Gasteiger partial charge on any atom is 0.0743 e. The lowest BCUT2D eigenvalue weighted by molar-refractivity contribution is 0.666. The van der Waals surface area contributed by atoms with E-state index in [1.165, 1.54) is 17.5 Å². The highest BCUT2D eigenvalue weighted by Gasteiger charge is 2.13. The first kappa shape index (κ1) is 12.8. The van der Waals surface area contributed by atoms with Crippen LogP contribution in [0, 0.1) is 0 Å². The maximum absolute atomic E-state index is 4.01. The first-order valence-corrected chi connectivity index (χ1v) is 6.52. The molecule has 0 amide bonds. The van der Waals surface area contributed by atoms with E-state index in [0.29, 0.717) is 5.92 Å². The molecule has 1 aromatic carbocycles. The van der Waals surface area contributed by atoms with Crippen molar-refractivity contribution < 1.29 is 0 Å². The van der Waals surface area contributed by atoms with E-state index in [1.807, 2.05) is 13.1 Å². The zero-order chi connectivity index (χ0) is 13.0. The van der Waals surface area contributed by atoms with Gasteiger partial charge >= 0.3 is 0 Å². The zero-order valence-electron chi connectivity index (χ0n) is 11.3. The number of hydrogen-bond donors (Lipinski definition) is 2. The Kier molecular flexibility index (Phi) is 4.15. The van der Waals surface area contributed by atoms with Crippen LogP contribution in [0.15, 0.2) is 36.5 Å². The van der Waals surface area contributed by atoms with Crippen LogP contribution in [-0.2, 0) is 0 Å². The molecule has 2 unspecified atom stereocenters. The van der Waals surface area contributed by atoms with E-state index < -0.39 is 0 Å². The van der Waals surface area contributed by atoms with Crippen LogP contribution in [0.5, 0.6) is 0 Å². The van der Waals surface area contributed by atoms with E-state index >= 15 is 0 Å². The Bertz CT molecular complexity index is 459. The van der Waals surface area contributed by atoms with Crippen molar-refractivity contribution in [2.75, 3.05) is 7.05 Å². The second-order valence-electron chi connectivity index (χ2n) is 4.71. The van der Waals surface area contributed by atoms with Crippen LogP contribution in [0.25, 0.3) is 0 Å². The molecule has 3 heteroatoms.